The van der Waals surface area contributed by atoms with E-state index >= 15 is 0 Å². The zero-order valence-electron chi connectivity index (χ0n) is 35.3. The summed E-state index contributed by atoms with van der Waals surface area (Å²) in [4.78, 5) is 12.3. The molecular formula is C45H73NO12. The molecule has 1 aliphatic rings. The van der Waals surface area contributed by atoms with Gasteiger partial charge in [-0.15, -0.1) is 0 Å². The smallest absolute Gasteiger partial charge is 0.407 e. The van der Waals surface area contributed by atoms with Crippen molar-refractivity contribution in [2.45, 2.75) is 64.2 Å². The second-order valence-electron chi connectivity index (χ2n) is 13.9. The predicted octanol–water partition coefficient (Wildman–Crippen LogP) is 6.83. The summed E-state index contributed by atoms with van der Waals surface area (Å²) in [6.07, 6.45) is 10.0. The Hall–Kier alpha value is -2.69. The number of fused-ring (bicyclic) bond motifs is 3. The largest absolute Gasteiger partial charge is 0.449 e. The fourth-order valence-corrected chi connectivity index (χ4v) is 6.29. The van der Waals surface area contributed by atoms with Crippen molar-refractivity contribution < 1.29 is 56.9 Å². The van der Waals surface area contributed by atoms with Crippen LogP contribution in [0.15, 0.2) is 48.5 Å². The van der Waals surface area contributed by atoms with Gasteiger partial charge in [0.25, 0.3) is 0 Å². The molecule has 0 saturated heterocycles. The fourth-order valence-electron chi connectivity index (χ4n) is 6.29. The van der Waals surface area contributed by atoms with Crippen molar-refractivity contribution in [1.29, 1.82) is 0 Å². The van der Waals surface area contributed by atoms with E-state index in [0.717, 1.165) is 13.0 Å². The minimum atomic E-state index is -0.449. The second kappa shape index (κ2) is 36.2. The van der Waals surface area contributed by atoms with Crippen LogP contribution >= 0.6 is 0 Å². The summed E-state index contributed by atoms with van der Waals surface area (Å²) < 4.78 is 60.9. The Morgan fingerprint density at radius 2 is 0.759 bits per heavy atom. The molecule has 3 rings (SSSR count). The van der Waals surface area contributed by atoms with E-state index in [4.69, 9.17) is 52.1 Å². The molecule has 0 aliphatic heterocycles. The standard InChI is InChI=1S/C45H73NO12/c1-2-3-4-5-6-7-8-13-19-48-21-23-50-25-27-52-29-31-54-33-35-56-37-38-57-36-34-55-32-30-53-28-26-51-24-22-49-20-18-46-45(47)58-39-44-42-16-11-9-14-40(42)41-15-10-12-17-43(41)44/h9-12,14-17,44H,2-8,13,18-39H2,1H3,(H,46,47). The first-order valence-corrected chi connectivity index (χ1v) is 21.7. The molecular weight excluding hydrogens is 746 g/mol. The van der Waals surface area contributed by atoms with Gasteiger partial charge in [-0.1, -0.05) is 100 Å². The molecule has 0 radical (unpaired) electrons. The topological polar surface area (TPSA) is 131 Å². The van der Waals surface area contributed by atoms with Gasteiger partial charge in [0.1, 0.15) is 6.61 Å². The minimum Gasteiger partial charge on any atom is -0.449 e. The van der Waals surface area contributed by atoms with Crippen LogP contribution in [-0.2, 0) is 52.1 Å². The third-order valence-electron chi connectivity index (χ3n) is 9.35. The lowest BCUT2D eigenvalue weighted by Crippen LogP contribution is -2.29. The van der Waals surface area contributed by atoms with E-state index in [0.29, 0.717) is 132 Å². The number of carbonyl (C=O) groups excluding carboxylic acids is 1. The summed E-state index contributed by atoms with van der Waals surface area (Å²) >= 11 is 0. The van der Waals surface area contributed by atoms with Gasteiger partial charge < -0.3 is 57.4 Å². The molecule has 0 spiro atoms. The molecule has 1 aliphatic carbocycles. The van der Waals surface area contributed by atoms with Crippen molar-refractivity contribution in [3.8, 4) is 11.1 Å². The van der Waals surface area contributed by atoms with Gasteiger partial charge in [0.15, 0.2) is 0 Å². The van der Waals surface area contributed by atoms with Crippen LogP contribution in [0.1, 0.15) is 75.3 Å². The van der Waals surface area contributed by atoms with Crippen molar-refractivity contribution in [1.82, 2.24) is 5.32 Å². The number of rotatable bonds is 41. The summed E-state index contributed by atoms with van der Waals surface area (Å²) in [6.45, 7) is 13.3. The zero-order chi connectivity index (χ0) is 40.8. The van der Waals surface area contributed by atoms with Gasteiger partial charge in [-0.05, 0) is 28.7 Å². The Bertz CT molecular complexity index is 1210. The highest BCUT2D eigenvalue weighted by Gasteiger charge is 2.28. The maximum Gasteiger partial charge on any atom is 0.407 e. The Morgan fingerprint density at radius 3 is 1.16 bits per heavy atom. The number of alkyl carbamates (subject to hydrolysis) is 1. The van der Waals surface area contributed by atoms with Crippen molar-refractivity contribution in [2.24, 2.45) is 0 Å². The van der Waals surface area contributed by atoms with Crippen molar-refractivity contribution in [2.75, 3.05) is 145 Å². The van der Waals surface area contributed by atoms with Gasteiger partial charge in [0, 0.05) is 19.1 Å². The van der Waals surface area contributed by atoms with Gasteiger partial charge in [-0.25, -0.2) is 4.79 Å². The van der Waals surface area contributed by atoms with Gasteiger partial charge in [-0.2, -0.15) is 0 Å². The highest BCUT2D eigenvalue weighted by molar-refractivity contribution is 5.79. The third kappa shape index (κ3) is 24.4. The quantitative estimate of drug-likeness (QED) is 0.0706. The third-order valence-corrected chi connectivity index (χ3v) is 9.35. The van der Waals surface area contributed by atoms with Crippen LogP contribution in [0.25, 0.3) is 11.1 Å². The van der Waals surface area contributed by atoms with E-state index in [1.165, 1.54) is 67.2 Å². The van der Waals surface area contributed by atoms with Gasteiger partial charge in [0.05, 0.1) is 126 Å². The van der Waals surface area contributed by atoms with Crippen molar-refractivity contribution in [3.63, 3.8) is 0 Å². The first kappa shape index (κ1) is 49.7. The van der Waals surface area contributed by atoms with E-state index in [9.17, 15) is 4.79 Å². The Balaban J connectivity index is 0.927. The summed E-state index contributed by atoms with van der Waals surface area (Å²) in [5.41, 5.74) is 4.78. The van der Waals surface area contributed by atoms with Crippen LogP contribution in [0.5, 0.6) is 0 Å². The zero-order valence-corrected chi connectivity index (χ0v) is 35.3. The number of carbonyl (C=O) groups is 1. The number of benzene rings is 2. The van der Waals surface area contributed by atoms with E-state index in [1.807, 2.05) is 24.3 Å². The van der Waals surface area contributed by atoms with Crippen LogP contribution in [0.3, 0.4) is 0 Å². The van der Waals surface area contributed by atoms with E-state index in [-0.39, 0.29) is 12.5 Å². The molecule has 13 heteroatoms. The minimum absolute atomic E-state index is 0.0385. The Labute approximate surface area is 347 Å². The van der Waals surface area contributed by atoms with Crippen LogP contribution in [-0.4, -0.2) is 151 Å². The van der Waals surface area contributed by atoms with Gasteiger partial charge in [-0.3, -0.25) is 0 Å². The number of hydrogen-bond donors (Lipinski definition) is 1. The highest BCUT2D eigenvalue weighted by Crippen LogP contribution is 2.44. The molecule has 58 heavy (non-hydrogen) atoms. The summed E-state index contributed by atoms with van der Waals surface area (Å²) in [7, 11) is 0. The monoisotopic (exact) mass is 820 g/mol. The molecule has 1 N–H and O–H groups in total. The molecule has 13 nitrogen and oxygen atoms in total. The molecule has 0 atom stereocenters. The molecule has 2 aromatic rings. The molecule has 1 amide bonds. The number of nitrogens with one attached hydrogen (secondary N) is 1. The molecule has 0 unspecified atom stereocenters. The van der Waals surface area contributed by atoms with E-state index in [2.05, 4.69) is 36.5 Å². The average molecular weight is 820 g/mol. The van der Waals surface area contributed by atoms with Gasteiger partial charge in [0.2, 0.25) is 0 Å². The predicted molar refractivity (Wildman–Crippen MR) is 224 cm³/mol. The van der Waals surface area contributed by atoms with E-state index < -0.39 is 6.09 Å². The first-order valence-electron chi connectivity index (χ1n) is 21.7. The van der Waals surface area contributed by atoms with Crippen LogP contribution in [0, 0.1) is 0 Å². The van der Waals surface area contributed by atoms with Gasteiger partial charge >= 0.3 is 6.09 Å². The normalized spacial score (nSPS) is 12.2. The maximum absolute atomic E-state index is 12.3. The molecule has 330 valence electrons. The lowest BCUT2D eigenvalue weighted by atomic mass is 9.98. The fraction of sp³-hybridized carbons (Fsp3) is 0.711. The average Bonchev–Trinajstić information content (AvgIpc) is 3.57. The molecule has 0 aromatic heterocycles. The second-order valence-corrected chi connectivity index (χ2v) is 13.9. The lowest BCUT2D eigenvalue weighted by molar-refractivity contribution is -0.0264. The van der Waals surface area contributed by atoms with Crippen LogP contribution < -0.4 is 5.32 Å². The number of hydrogen-bond acceptors (Lipinski definition) is 12. The van der Waals surface area contributed by atoms with Crippen molar-refractivity contribution in [3.05, 3.63) is 59.7 Å². The first-order chi connectivity index (χ1) is 28.8. The van der Waals surface area contributed by atoms with Crippen molar-refractivity contribution >= 4 is 6.09 Å². The summed E-state index contributed by atoms with van der Waals surface area (Å²) in [5.74, 6) is 0.0385. The Kier molecular flexibility index (Phi) is 31.0. The molecule has 0 saturated carbocycles. The highest BCUT2D eigenvalue weighted by atomic mass is 16.6. The maximum atomic E-state index is 12.3. The molecule has 2 aromatic carbocycles. The number of ether oxygens (including phenoxy) is 11. The molecule has 0 heterocycles. The van der Waals surface area contributed by atoms with E-state index in [1.54, 1.807) is 0 Å². The molecule has 0 fully saturated rings. The number of amides is 1. The van der Waals surface area contributed by atoms with Crippen LogP contribution in [0.2, 0.25) is 0 Å². The Morgan fingerprint density at radius 1 is 0.431 bits per heavy atom. The molecule has 0 bridgehead atoms. The SMILES string of the molecule is CCCCCCCCCCOCCOCCOCCOCCOCCOCCOCCOCCOCCOCCNC(=O)OCC1c2ccccc2-c2ccccc21. The lowest BCUT2D eigenvalue weighted by Gasteiger charge is -2.14. The number of unbranched alkanes of at least 4 members (excludes halogenated alkanes) is 7. The summed E-state index contributed by atoms with van der Waals surface area (Å²) in [5, 5.41) is 2.75. The van der Waals surface area contributed by atoms with Crippen LogP contribution in [0.4, 0.5) is 4.79 Å². The summed E-state index contributed by atoms with van der Waals surface area (Å²) in [6, 6.07) is 16.5.